The van der Waals surface area contributed by atoms with Crippen molar-refractivity contribution in [3.05, 3.63) is 17.0 Å². The molecule has 0 aliphatic heterocycles. The molecular formula is C10H13ClF3N3O. The zero-order valence-corrected chi connectivity index (χ0v) is 10.5. The van der Waals surface area contributed by atoms with E-state index < -0.39 is 18.8 Å². The van der Waals surface area contributed by atoms with E-state index in [1.165, 1.54) is 6.07 Å². The van der Waals surface area contributed by atoms with E-state index in [1.807, 2.05) is 13.8 Å². The quantitative estimate of drug-likeness (QED) is 0.834. The van der Waals surface area contributed by atoms with Gasteiger partial charge in [0.1, 0.15) is 16.8 Å². The van der Waals surface area contributed by atoms with Crippen LogP contribution in [0.5, 0.6) is 0 Å². The zero-order chi connectivity index (χ0) is 13.9. The maximum Gasteiger partial charge on any atom is 0.416 e. The Labute approximate surface area is 107 Å². The Balaban J connectivity index is 2.73. The molecule has 1 heterocycles. The topological polar surface area (TPSA) is 58.0 Å². The highest BCUT2D eigenvalue weighted by Gasteiger charge is 2.37. The van der Waals surface area contributed by atoms with Gasteiger partial charge in [-0.3, -0.25) is 0 Å². The van der Waals surface area contributed by atoms with Crippen molar-refractivity contribution in [2.75, 3.05) is 11.9 Å². The Bertz CT molecular complexity index is 412. The van der Waals surface area contributed by atoms with Crippen molar-refractivity contribution in [1.82, 2.24) is 9.97 Å². The van der Waals surface area contributed by atoms with E-state index in [2.05, 4.69) is 15.3 Å². The lowest BCUT2D eigenvalue weighted by Crippen LogP contribution is -2.35. The summed E-state index contributed by atoms with van der Waals surface area (Å²) in [4.78, 5) is 7.94. The summed E-state index contributed by atoms with van der Waals surface area (Å²) in [5, 5.41) is 11.3. The number of aliphatic hydroxyl groups is 1. The van der Waals surface area contributed by atoms with Crippen LogP contribution < -0.4 is 5.32 Å². The second-order valence-corrected chi connectivity index (χ2v) is 4.41. The first-order chi connectivity index (χ1) is 8.20. The first-order valence-electron chi connectivity index (χ1n) is 5.23. The molecule has 1 unspecified atom stereocenters. The molecule has 4 nitrogen and oxygen atoms in total. The fourth-order valence-corrected chi connectivity index (χ4v) is 1.29. The average Bonchev–Trinajstić information content (AvgIpc) is 2.23. The van der Waals surface area contributed by atoms with Gasteiger partial charge in [-0.25, -0.2) is 9.97 Å². The molecule has 0 aliphatic carbocycles. The molecule has 1 rings (SSSR count). The largest absolute Gasteiger partial charge is 0.416 e. The zero-order valence-electron chi connectivity index (χ0n) is 9.79. The van der Waals surface area contributed by atoms with Crippen LogP contribution in [0, 0.1) is 0 Å². The van der Waals surface area contributed by atoms with E-state index in [1.54, 1.807) is 0 Å². The van der Waals surface area contributed by atoms with Gasteiger partial charge >= 0.3 is 6.18 Å². The highest BCUT2D eigenvalue weighted by Crippen LogP contribution is 2.21. The van der Waals surface area contributed by atoms with E-state index in [4.69, 9.17) is 16.7 Å². The third-order valence-corrected chi connectivity index (χ3v) is 2.28. The van der Waals surface area contributed by atoms with Gasteiger partial charge in [-0.2, -0.15) is 13.2 Å². The molecule has 1 aromatic rings. The molecule has 1 atom stereocenters. The smallest absolute Gasteiger partial charge is 0.382 e. The summed E-state index contributed by atoms with van der Waals surface area (Å²) in [6, 6.07) is 1.30. The van der Waals surface area contributed by atoms with Crippen LogP contribution in [0.25, 0.3) is 0 Å². The Morgan fingerprint density at radius 2 is 2.00 bits per heavy atom. The van der Waals surface area contributed by atoms with Crippen molar-refractivity contribution in [2.24, 2.45) is 0 Å². The lowest BCUT2D eigenvalue weighted by molar-refractivity contribution is -0.198. The molecule has 1 aromatic heterocycles. The van der Waals surface area contributed by atoms with Crippen LogP contribution in [0.4, 0.5) is 19.0 Å². The molecule has 0 aliphatic rings. The number of alkyl halides is 3. The summed E-state index contributed by atoms with van der Waals surface area (Å²) in [6.45, 7) is 2.98. The number of halogens is 4. The number of rotatable bonds is 4. The Hall–Kier alpha value is -1.08. The maximum atomic E-state index is 12.1. The van der Waals surface area contributed by atoms with Gasteiger partial charge in [0.25, 0.3) is 0 Å². The molecular weight excluding hydrogens is 271 g/mol. The van der Waals surface area contributed by atoms with Gasteiger partial charge in [0.05, 0.1) is 6.54 Å². The van der Waals surface area contributed by atoms with Crippen LogP contribution in [0.1, 0.15) is 25.6 Å². The standard InChI is InChI=1S/C10H13ClF3N3O/c1-5(2)9-16-7(11)3-8(17-9)15-4-6(18)10(12,13)14/h3,5-6,18H,4H2,1-2H3,(H,15,16,17). The van der Waals surface area contributed by atoms with Gasteiger partial charge in [-0.15, -0.1) is 0 Å². The highest BCUT2D eigenvalue weighted by atomic mass is 35.5. The lowest BCUT2D eigenvalue weighted by atomic mass is 10.2. The van der Waals surface area contributed by atoms with Crippen LogP contribution in [0.2, 0.25) is 5.15 Å². The highest BCUT2D eigenvalue weighted by molar-refractivity contribution is 6.29. The van der Waals surface area contributed by atoms with Crippen molar-refractivity contribution in [1.29, 1.82) is 0 Å². The number of aromatic nitrogens is 2. The molecule has 102 valence electrons. The molecule has 0 saturated carbocycles. The summed E-state index contributed by atoms with van der Waals surface area (Å²) in [7, 11) is 0. The SMILES string of the molecule is CC(C)c1nc(Cl)cc(NCC(O)C(F)(F)F)n1. The van der Waals surface area contributed by atoms with Gasteiger partial charge in [0, 0.05) is 12.0 Å². The van der Waals surface area contributed by atoms with E-state index in [9.17, 15) is 13.2 Å². The van der Waals surface area contributed by atoms with Crippen molar-refractivity contribution in [3.8, 4) is 0 Å². The van der Waals surface area contributed by atoms with Gasteiger partial charge in [-0.1, -0.05) is 25.4 Å². The average molecular weight is 284 g/mol. The molecule has 0 amide bonds. The second-order valence-electron chi connectivity index (χ2n) is 4.03. The first kappa shape index (κ1) is 15.0. The fraction of sp³-hybridized carbons (Fsp3) is 0.600. The molecule has 8 heteroatoms. The normalized spacial score (nSPS) is 13.8. The lowest BCUT2D eigenvalue weighted by Gasteiger charge is -2.16. The summed E-state index contributed by atoms with van der Waals surface area (Å²) < 4.78 is 36.3. The van der Waals surface area contributed by atoms with Crippen molar-refractivity contribution < 1.29 is 18.3 Å². The Morgan fingerprint density at radius 3 is 2.50 bits per heavy atom. The van der Waals surface area contributed by atoms with Gasteiger partial charge in [0.2, 0.25) is 0 Å². The molecule has 0 aromatic carbocycles. The summed E-state index contributed by atoms with van der Waals surface area (Å²) in [5.41, 5.74) is 0. The van der Waals surface area contributed by atoms with E-state index in [-0.39, 0.29) is 16.9 Å². The van der Waals surface area contributed by atoms with Crippen molar-refractivity contribution in [2.45, 2.75) is 32.0 Å². The minimum Gasteiger partial charge on any atom is -0.382 e. The van der Waals surface area contributed by atoms with Crippen LogP contribution in [0.3, 0.4) is 0 Å². The van der Waals surface area contributed by atoms with Gasteiger partial charge in [0.15, 0.2) is 6.10 Å². The monoisotopic (exact) mass is 283 g/mol. The Kier molecular flexibility index (Phi) is 4.75. The van der Waals surface area contributed by atoms with E-state index >= 15 is 0 Å². The van der Waals surface area contributed by atoms with Crippen molar-refractivity contribution >= 4 is 17.4 Å². The van der Waals surface area contributed by atoms with Gasteiger partial charge in [-0.05, 0) is 0 Å². The van der Waals surface area contributed by atoms with Crippen molar-refractivity contribution in [3.63, 3.8) is 0 Å². The summed E-state index contributed by atoms with van der Waals surface area (Å²) in [5.74, 6) is 0.574. The number of hydrogen-bond acceptors (Lipinski definition) is 4. The number of nitrogens with zero attached hydrogens (tertiary/aromatic N) is 2. The number of hydrogen-bond donors (Lipinski definition) is 2. The number of anilines is 1. The molecule has 2 N–H and O–H groups in total. The molecule has 0 radical (unpaired) electrons. The molecule has 0 bridgehead atoms. The Morgan fingerprint density at radius 1 is 1.39 bits per heavy atom. The fourth-order valence-electron chi connectivity index (χ4n) is 1.10. The maximum absolute atomic E-state index is 12.1. The predicted octanol–water partition coefficient (Wildman–Crippen LogP) is 2.59. The predicted molar refractivity (Wildman–Crippen MR) is 61.7 cm³/mol. The third-order valence-electron chi connectivity index (χ3n) is 2.08. The van der Waals surface area contributed by atoms with E-state index in [0.717, 1.165) is 0 Å². The number of aliphatic hydroxyl groups excluding tert-OH is 1. The summed E-state index contributed by atoms with van der Waals surface area (Å²) in [6.07, 6.45) is -7.11. The summed E-state index contributed by atoms with van der Waals surface area (Å²) >= 11 is 5.72. The molecule has 18 heavy (non-hydrogen) atoms. The third kappa shape index (κ3) is 4.30. The minimum atomic E-state index is -4.66. The van der Waals surface area contributed by atoms with Gasteiger partial charge < -0.3 is 10.4 Å². The first-order valence-corrected chi connectivity index (χ1v) is 5.61. The van der Waals surface area contributed by atoms with Crippen LogP contribution in [-0.2, 0) is 0 Å². The minimum absolute atomic E-state index is 0.00297. The van der Waals surface area contributed by atoms with Crippen LogP contribution in [-0.4, -0.2) is 33.9 Å². The van der Waals surface area contributed by atoms with Crippen LogP contribution in [0.15, 0.2) is 6.07 Å². The van der Waals surface area contributed by atoms with Crippen LogP contribution >= 0.6 is 11.6 Å². The molecule has 0 fully saturated rings. The second kappa shape index (κ2) is 5.71. The number of nitrogens with one attached hydrogen (secondary N) is 1. The molecule has 0 spiro atoms. The van der Waals surface area contributed by atoms with E-state index in [0.29, 0.717) is 5.82 Å². The molecule has 0 saturated heterocycles.